The molecule has 0 heterocycles. The van der Waals surface area contributed by atoms with E-state index in [-0.39, 0.29) is 11.4 Å². The Balaban J connectivity index is 2.33. The van der Waals surface area contributed by atoms with Crippen LogP contribution in [-0.4, -0.2) is 24.5 Å². The second-order valence-electron chi connectivity index (χ2n) is 4.67. The summed E-state index contributed by atoms with van der Waals surface area (Å²) >= 11 is 3.32. The van der Waals surface area contributed by atoms with Crippen LogP contribution in [0.4, 0.5) is 11.4 Å². The maximum atomic E-state index is 12.5. The van der Waals surface area contributed by atoms with Crippen molar-refractivity contribution >= 4 is 33.2 Å². The number of halogens is 1. The number of benzene rings is 2. The molecule has 0 fully saturated rings. The van der Waals surface area contributed by atoms with Gasteiger partial charge in [0.2, 0.25) is 0 Å². The van der Waals surface area contributed by atoms with Crippen molar-refractivity contribution in [2.75, 3.05) is 19.0 Å². The van der Waals surface area contributed by atoms with Crippen molar-refractivity contribution in [3.05, 3.63) is 56.5 Å². The fraction of sp³-hybridized carbons (Fsp3) is 0.188. The highest BCUT2D eigenvalue weighted by atomic mass is 79.9. The lowest BCUT2D eigenvalue weighted by molar-refractivity contribution is -0.384. The number of rotatable bonds is 6. The van der Waals surface area contributed by atoms with Crippen LogP contribution >= 0.6 is 15.9 Å². The van der Waals surface area contributed by atoms with E-state index in [0.29, 0.717) is 23.6 Å². The van der Waals surface area contributed by atoms with E-state index in [1.54, 1.807) is 18.2 Å². The Kier molecular flexibility index (Phi) is 5.75. The molecule has 2 rings (SSSR count). The fourth-order valence-corrected chi connectivity index (χ4v) is 2.41. The summed E-state index contributed by atoms with van der Waals surface area (Å²) in [6.07, 6.45) is 0. The van der Waals surface area contributed by atoms with E-state index in [4.69, 9.17) is 9.47 Å². The number of amides is 1. The van der Waals surface area contributed by atoms with Crippen LogP contribution in [0.25, 0.3) is 0 Å². The van der Waals surface area contributed by atoms with Crippen molar-refractivity contribution in [2.24, 2.45) is 0 Å². The Morgan fingerprint density at radius 3 is 2.62 bits per heavy atom. The molecule has 0 atom stereocenters. The summed E-state index contributed by atoms with van der Waals surface area (Å²) in [6, 6.07) is 9.07. The topological polar surface area (TPSA) is 90.7 Å². The zero-order valence-electron chi connectivity index (χ0n) is 13.0. The van der Waals surface area contributed by atoms with Crippen molar-refractivity contribution in [1.29, 1.82) is 0 Å². The SMILES string of the molecule is CCOc1ccc(Br)cc1C(=O)Nc1ccc([N+](=O)[O-])cc1OC. The zero-order chi connectivity index (χ0) is 17.7. The van der Waals surface area contributed by atoms with E-state index in [0.717, 1.165) is 4.47 Å². The van der Waals surface area contributed by atoms with Crippen LogP contribution in [0.3, 0.4) is 0 Å². The molecule has 0 aliphatic carbocycles. The lowest BCUT2D eigenvalue weighted by Crippen LogP contribution is -2.14. The predicted octanol–water partition coefficient (Wildman–Crippen LogP) is 4.02. The van der Waals surface area contributed by atoms with E-state index >= 15 is 0 Å². The molecule has 0 bridgehead atoms. The molecule has 1 N–H and O–H groups in total. The first kappa shape index (κ1) is 17.7. The monoisotopic (exact) mass is 394 g/mol. The van der Waals surface area contributed by atoms with Gasteiger partial charge in [0.05, 0.1) is 36.0 Å². The van der Waals surface area contributed by atoms with E-state index in [1.165, 1.54) is 25.3 Å². The van der Waals surface area contributed by atoms with Crippen LogP contribution in [0.1, 0.15) is 17.3 Å². The van der Waals surface area contributed by atoms with E-state index in [9.17, 15) is 14.9 Å². The molecule has 0 aliphatic heterocycles. The molecule has 0 saturated heterocycles. The van der Waals surface area contributed by atoms with Crippen LogP contribution in [-0.2, 0) is 0 Å². The Hall–Kier alpha value is -2.61. The second kappa shape index (κ2) is 7.78. The first-order valence-electron chi connectivity index (χ1n) is 7.02. The second-order valence-corrected chi connectivity index (χ2v) is 5.58. The Morgan fingerprint density at radius 1 is 1.25 bits per heavy atom. The molecule has 7 nitrogen and oxygen atoms in total. The Labute approximate surface area is 146 Å². The number of anilines is 1. The van der Waals surface area contributed by atoms with Gasteiger partial charge in [-0.2, -0.15) is 0 Å². The van der Waals surface area contributed by atoms with Gasteiger partial charge in [-0.1, -0.05) is 15.9 Å². The van der Waals surface area contributed by atoms with Gasteiger partial charge < -0.3 is 14.8 Å². The lowest BCUT2D eigenvalue weighted by Gasteiger charge is -2.13. The van der Waals surface area contributed by atoms with Crippen molar-refractivity contribution in [1.82, 2.24) is 0 Å². The number of hydrogen-bond donors (Lipinski definition) is 1. The largest absolute Gasteiger partial charge is 0.494 e. The average Bonchev–Trinajstić information content (AvgIpc) is 2.56. The Morgan fingerprint density at radius 2 is 2.00 bits per heavy atom. The van der Waals surface area contributed by atoms with Gasteiger partial charge in [0.15, 0.2) is 0 Å². The molecule has 2 aromatic carbocycles. The predicted molar refractivity (Wildman–Crippen MR) is 92.9 cm³/mol. The van der Waals surface area contributed by atoms with Gasteiger partial charge in [0.25, 0.3) is 11.6 Å². The summed E-state index contributed by atoms with van der Waals surface area (Å²) in [5, 5.41) is 13.5. The zero-order valence-corrected chi connectivity index (χ0v) is 14.6. The van der Waals surface area contributed by atoms with Crippen LogP contribution in [0.2, 0.25) is 0 Å². The van der Waals surface area contributed by atoms with E-state index in [2.05, 4.69) is 21.2 Å². The van der Waals surface area contributed by atoms with Gasteiger partial charge in [0, 0.05) is 10.5 Å². The molecule has 2 aromatic rings. The molecule has 8 heteroatoms. The molecular formula is C16H15BrN2O5. The molecule has 0 aliphatic rings. The number of non-ortho nitro benzene ring substituents is 1. The third kappa shape index (κ3) is 4.02. The molecule has 0 unspecified atom stereocenters. The molecule has 0 radical (unpaired) electrons. The fourth-order valence-electron chi connectivity index (χ4n) is 2.05. The number of ether oxygens (including phenoxy) is 2. The van der Waals surface area contributed by atoms with Gasteiger partial charge in [-0.25, -0.2) is 0 Å². The van der Waals surface area contributed by atoms with Crippen molar-refractivity contribution in [3.8, 4) is 11.5 Å². The maximum absolute atomic E-state index is 12.5. The standard InChI is InChI=1S/C16H15BrN2O5/c1-3-24-14-7-4-10(17)8-12(14)16(20)18-13-6-5-11(19(21)22)9-15(13)23-2/h4-9H,3H2,1-2H3,(H,18,20). The average molecular weight is 395 g/mol. The van der Waals surface area contributed by atoms with Gasteiger partial charge in [-0.05, 0) is 31.2 Å². The first-order valence-corrected chi connectivity index (χ1v) is 7.81. The smallest absolute Gasteiger partial charge is 0.273 e. The van der Waals surface area contributed by atoms with Gasteiger partial charge >= 0.3 is 0 Å². The van der Waals surface area contributed by atoms with Crippen LogP contribution in [0.15, 0.2) is 40.9 Å². The number of carbonyl (C=O) groups is 1. The third-order valence-corrected chi connectivity index (χ3v) is 3.62. The molecule has 24 heavy (non-hydrogen) atoms. The van der Waals surface area contributed by atoms with Crippen LogP contribution in [0, 0.1) is 10.1 Å². The molecule has 1 amide bonds. The summed E-state index contributed by atoms with van der Waals surface area (Å²) in [7, 11) is 1.37. The number of nitrogens with one attached hydrogen (secondary N) is 1. The highest BCUT2D eigenvalue weighted by molar-refractivity contribution is 9.10. The van der Waals surface area contributed by atoms with Gasteiger partial charge in [-0.3, -0.25) is 14.9 Å². The molecule has 0 saturated carbocycles. The number of nitro benzene ring substituents is 1. The minimum atomic E-state index is -0.532. The number of methoxy groups -OCH3 is 1. The first-order chi connectivity index (χ1) is 11.5. The summed E-state index contributed by atoms with van der Waals surface area (Å²) in [6.45, 7) is 2.24. The summed E-state index contributed by atoms with van der Waals surface area (Å²) in [5.41, 5.74) is 0.546. The molecule has 0 spiro atoms. The minimum absolute atomic E-state index is 0.123. The normalized spacial score (nSPS) is 10.1. The number of hydrogen-bond acceptors (Lipinski definition) is 5. The summed E-state index contributed by atoms with van der Waals surface area (Å²) in [4.78, 5) is 22.8. The van der Waals surface area contributed by atoms with Crippen molar-refractivity contribution < 1.29 is 19.2 Å². The van der Waals surface area contributed by atoms with Crippen molar-refractivity contribution in [2.45, 2.75) is 6.92 Å². The molecule has 126 valence electrons. The quantitative estimate of drug-likeness (QED) is 0.590. The van der Waals surface area contributed by atoms with Crippen LogP contribution in [0.5, 0.6) is 11.5 Å². The number of carbonyl (C=O) groups excluding carboxylic acids is 1. The molecular weight excluding hydrogens is 380 g/mol. The highest BCUT2D eigenvalue weighted by Crippen LogP contribution is 2.31. The number of nitrogens with zero attached hydrogens (tertiary/aromatic N) is 1. The lowest BCUT2D eigenvalue weighted by atomic mass is 10.1. The van der Waals surface area contributed by atoms with Crippen LogP contribution < -0.4 is 14.8 Å². The minimum Gasteiger partial charge on any atom is -0.494 e. The summed E-state index contributed by atoms with van der Waals surface area (Å²) in [5.74, 6) is 0.233. The van der Waals surface area contributed by atoms with E-state index in [1.807, 2.05) is 6.92 Å². The molecule has 0 aromatic heterocycles. The highest BCUT2D eigenvalue weighted by Gasteiger charge is 2.17. The van der Waals surface area contributed by atoms with Crippen molar-refractivity contribution in [3.63, 3.8) is 0 Å². The van der Waals surface area contributed by atoms with E-state index < -0.39 is 10.8 Å². The van der Waals surface area contributed by atoms with Gasteiger partial charge in [0.1, 0.15) is 11.5 Å². The van der Waals surface area contributed by atoms with Gasteiger partial charge in [-0.15, -0.1) is 0 Å². The Bertz CT molecular complexity index is 779. The summed E-state index contributed by atoms with van der Waals surface area (Å²) < 4.78 is 11.3. The maximum Gasteiger partial charge on any atom is 0.273 e. The number of nitro groups is 1. The third-order valence-electron chi connectivity index (χ3n) is 3.13.